The zero-order valence-electron chi connectivity index (χ0n) is 10.2. The molecule has 6 heteroatoms. The number of rotatable bonds is 4. The van der Waals surface area contributed by atoms with Gasteiger partial charge in [-0.2, -0.15) is 5.10 Å². The van der Waals surface area contributed by atoms with Gasteiger partial charge in [0, 0.05) is 11.6 Å². The van der Waals surface area contributed by atoms with Gasteiger partial charge in [-0.05, 0) is 32.0 Å². The largest absolute Gasteiger partial charge is 0.508 e. The van der Waals surface area contributed by atoms with Crippen LogP contribution in [0.4, 0.5) is 4.39 Å². The second kappa shape index (κ2) is 5.14. The molecule has 0 fully saturated rings. The normalized spacial score (nSPS) is 14.4. The Bertz CT molecular complexity index is 515. The number of hydrogen-bond donors (Lipinski definition) is 3. The predicted octanol–water partition coefficient (Wildman–Crippen LogP) is 2.06. The zero-order valence-corrected chi connectivity index (χ0v) is 10.2. The number of nitrogens with one attached hydrogen (secondary N) is 2. The third kappa shape index (κ3) is 2.65. The number of aromatic nitrogens is 3. The molecule has 0 saturated carbocycles. The van der Waals surface area contributed by atoms with Gasteiger partial charge < -0.3 is 10.4 Å². The average Bonchev–Trinajstić information content (AvgIpc) is 2.85. The Hall–Kier alpha value is -1.95. The molecule has 0 saturated heterocycles. The topological polar surface area (TPSA) is 73.8 Å². The molecule has 3 N–H and O–H groups in total. The van der Waals surface area contributed by atoms with Gasteiger partial charge in [0.1, 0.15) is 23.7 Å². The second-order valence-electron chi connectivity index (χ2n) is 4.18. The fraction of sp³-hybridized carbons (Fsp3) is 0.333. The lowest BCUT2D eigenvalue weighted by atomic mass is 10.1. The summed E-state index contributed by atoms with van der Waals surface area (Å²) in [5.41, 5.74) is 0.515. The molecule has 2 rings (SSSR count). The minimum absolute atomic E-state index is 0.0705. The van der Waals surface area contributed by atoms with E-state index in [0.29, 0.717) is 11.4 Å². The minimum atomic E-state index is -0.372. The van der Waals surface area contributed by atoms with E-state index in [4.69, 9.17) is 0 Å². The molecular weight excluding hydrogens is 235 g/mol. The monoisotopic (exact) mass is 250 g/mol. The van der Waals surface area contributed by atoms with Crippen LogP contribution in [0.1, 0.15) is 37.3 Å². The SMILES string of the molecule is CC(NC(C)c1cc(F)ccc1O)c1ncn[nH]1. The maximum absolute atomic E-state index is 13.2. The van der Waals surface area contributed by atoms with Crippen LogP contribution in [0.3, 0.4) is 0 Å². The lowest BCUT2D eigenvalue weighted by molar-refractivity contribution is 0.430. The molecule has 2 atom stereocenters. The molecule has 18 heavy (non-hydrogen) atoms. The van der Waals surface area contributed by atoms with Gasteiger partial charge >= 0.3 is 0 Å². The van der Waals surface area contributed by atoms with Crippen LogP contribution < -0.4 is 5.32 Å². The van der Waals surface area contributed by atoms with E-state index in [-0.39, 0.29) is 23.7 Å². The summed E-state index contributed by atoms with van der Waals surface area (Å²) >= 11 is 0. The third-order valence-corrected chi connectivity index (χ3v) is 2.80. The smallest absolute Gasteiger partial charge is 0.141 e. The number of H-pyrrole nitrogens is 1. The third-order valence-electron chi connectivity index (χ3n) is 2.80. The molecule has 96 valence electrons. The molecule has 0 radical (unpaired) electrons. The van der Waals surface area contributed by atoms with Crippen molar-refractivity contribution in [3.63, 3.8) is 0 Å². The van der Waals surface area contributed by atoms with Gasteiger partial charge in [-0.3, -0.25) is 5.10 Å². The van der Waals surface area contributed by atoms with Crippen molar-refractivity contribution in [3.8, 4) is 5.75 Å². The number of aromatic hydroxyl groups is 1. The highest BCUT2D eigenvalue weighted by Gasteiger charge is 2.16. The number of aromatic amines is 1. The van der Waals surface area contributed by atoms with E-state index < -0.39 is 0 Å². The Labute approximate surface area is 104 Å². The van der Waals surface area contributed by atoms with E-state index in [9.17, 15) is 9.50 Å². The van der Waals surface area contributed by atoms with Crippen molar-refractivity contribution in [2.75, 3.05) is 0 Å². The standard InChI is InChI=1S/C12H15FN4O/c1-7(10-5-9(13)3-4-11(10)18)16-8(2)12-14-6-15-17-12/h3-8,16,18H,1-2H3,(H,14,15,17). The van der Waals surface area contributed by atoms with Crippen LogP contribution in [0.5, 0.6) is 5.75 Å². The molecule has 0 amide bonds. The van der Waals surface area contributed by atoms with Crippen molar-refractivity contribution < 1.29 is 9.50 Å². The van der Waals surface area contributed by atoms with E-state index in [1.807, 2.05) is 13.8 Å². The summed E-state index contributed by atoms with van der Waals surface area (Å²) in [4.78, 5) is 4.04. The van der Waals surface area contributed by atoms with Gasteiger partial charge in [-0.15, -0.1) is 0 Å². The van der Waals surface area contributed by atoms with E-state index >= 15 is 0 Å². The average molecular weight is 250 g/mol. The fourth-order valence-corrected chi connectivity index (χ4v) is 1.84. The minimum Gasteiger partial charge on any atom is -0.508 e. The molecule has 0 aliphatic heterocycles. The molecule has 0 bridgehead atoms. The molecular formula is C12H15FN4O. The molecule has 0 aliphatic carbocycles. The maximum atomic E-state index is 13.2. The lowest BCUT2D eigenvalue weighted by Gasteiger charge is -2.19. The number of hydrogen-bond acceptors (Lipinski definition) is 4. The van der Waals surface area contributed by atoms with Crippen LogP contribution in [-0.2, 0) is 0 Å². The highest BCUT2D eigenvalue weighted by molar-refractivity contribution is 5.34. The van der Waals surface area contributed by atoms with Crippen molar-refractivity contribution in [1.29, 1.82) is 0 Å². The van der Waals surface area contributed by atoms with Crippen LogP contribution in [0, 0.1) is 5.82 Å². The van der Waals surface area contributed by atoms with Crippen molar-refractivity contribution in [1.82, 2.24) is 20.5 Å². The number of benzene rings is 1. The van der Waals surface area contributed by atoms with E-state index in [0.717, 1.165) is 0 Å². The second-order valence-corrected chi connectivity index (χ2v) is 4.18. The molecule has 2 unspecified atom stereocenters. The Balaban J connectivity index is 2.12. The van der Waals surface area contributed by atoms with Crippen LogP contribution >= 0.6 is 0 Å². The van der Waals surface area contributed by atoms with Gasteiger partial charge in [0.2, 0.25) is 0 Å². The highest BCUT2D eigenvalue weighted by Crippen LogP contribution is 2.26. The van der Waals surface area contributed by atoms with E-state index in [2.05, 4.69) is 20.5 Å². The van der Waals surface area contributed by atoms with Gasteiger partial charge in [0.15, 0.2) is 0 Å². The number of phenolic OH excluding ortho intramolecular Hbond substituents is 1. The van der Waals surface area contributed by atoms with Gasteiger partial charge in [-0.25, -0.2) is 9.37 Å². The summed E-state index contributed by atoms with van der Waals surface area (Å²) in [5.74, 6) is 0.391. The zero-order chi connectivity index (χ0) is 13.1. The Morgan fingerprint density at radius 3 is 2.78 bits per heavy atom. The predicted molar refractivity (Wildman–Crippen MR) is 64.4 cm³/mol. The molecule has 1 aromatic carbocycles. The number of phenols is 1. The Morgan fingerprint density at radius 2 is 2.11 bits per heavy atom. The van der Waals surface area contributed by atoms with Crippen molar-refractivity contribution >= 4 is 0 Å². The van der Waals surface area contributed by atoms with Gasteiger partial charge in [0.05, 0.1) is 6.04 Å². The summed E-state index contributed by atoms with van der Waals surface area (Å²) in [6.45, 7) is 3.76. The van der Waals surface area contributed by atoms with E-state index in [1.165, 1.54) is 24.5 Å². The lowest BCUT2D eigenvalue weighted by Crippen LogP contribution is -2.23. The first kappa shape index (κ1) is 12.5. The van der Waals surface area contributed by atoms with Crippen LogP contribution in [-0.4, -0.2) is 20.3 Å². The van der Waals surface area contributed by atoms with Crippen LogP contribution in [0.2, 0.25) is 0 Å². The maximum Gasteiger partial charge on any atom is 0.141 e. The van der Waals surface area contributed by atoms with Crippen molar-refractivity contribution in [3.05, 3.63) is 41.7 Å². The number of halogens is 1. The first-order chi connectivity index (χ1) is 8.58. The molecule has 0 spiro atoms. The molecule has 5 nitrogen and oxygen atoms in total. The van der Waals surface area contributed by atoms with Crippen LogP contribution in [0.25, 0.3) is 0 Å². The van der Waals surface area contributed by atoms with Crippen molar-refractivity contribution in [2.45, 2.75) is 25.9 Å². The van der Waals surface area contributed by atoms with Crippen LogP contribution in [0.15, 0.2) is 24.5 Å². The summed E-state index contributed by atoms with van der Waals surface area (Å²) in [6.07, 6.45) is 1.43. The summed E-state index contributed by atoms with van der Waals surface area (Å²) in [5, 5.41) is 19.4. The highest BCUT2D eigenvalue weighted by atomic mass is 19.1. The summed E-state index contributed by atoms with van der Waals surface area (Å²) in [7, 11) is 0. The number of nitrogens with zero attached hydrogens (tertiary/aromatic N) is 2. The first-order valence-corrected chi connectivity index (χ1v) is 5.67. The van der Waals surface area contributed by atoms with Gasteiger partial charge in [-0.1, -0.05) is 0 Å². The molecule has 2 aromatic rings. The van der Waals surface area contributed by atoms with Crippen molar-refractivity contribution in [2.24, 2.45) is 0 Å². The molecule has 1 heterocycles. The quantitative estimate of drug-likeness (QED) is 0.776. The molecule has 1 aromatic heterocycles. The summed E-state index contributed by atoms with van der Waals surface area (Å²) in [6, 6.07) is 3.61. The Morgan fingerprint density at radius 1 is 1.33 bits per heavy atom. The Kier molecular flexibility index (Phi) is 3.57. The van der Waals surface area contributed by atoms with Gasteiger partial charge in [0.25, 0.3) is 0 Å². The first-order valence-electron chi connectivity index (χ1n) is 5.67. The molecule has 0 aliphatic rings. The fourth-order valence-electron chi connectivity index (χ4n) is 1.84. The summed E-state index contributed by atoms with van der Waals surface area (Å²) < 4.78 is 13.2. The van der Waals surface area contributed by atoms with E-state index in [1.54, 1.807) is 0 Å².